The maximum atomic E-state index is 13.1. The molecule has 0 aliphatic carbocycles. The van der Waals surface area contributed by atoms with Crippen LogP contribution >= 0.6 is 0 Å². The predicted octanol–water partition coefficient (Wildman–Crippen LogP) is 3.62. The van der Waals surface area contributed by atoms with Crippen molar-refractivity contribution in [1.82, 2.24) is 14.9 Å². The fourth-order valence-electron chi connectivity index (χ4n) is 3.16. The summed E-state index contributed by atoms with van der Waals surface area (Å²) in [5.74, 6) is 0.215. The second kappa shape index (κ2) is 8.02. The molecule has 0 amide bonds. The Morgan fingerprint density at radius 1 is 1.38 bits per heavy atom. The number of piperidine rings is 1. The van der Waals surface area contributed by atoms with Crippen molar-refractivity contribution in [1.29, 1.82) is 0 Å². The monoisotopic (exact) mass is 355 g/mol. The van der Waals surface area contributed by atoms with E-state index in [1.165, 1.54) is 12.1 Å². The first-order valence-electron chi connectivity index (χ1n) is 8.75. The summed E-state index contributed by atoms with van der Waals surface area (Å²) in [6.45, 7) is 7.47. The number of ether oxygens (including phenoxy) is 1. The average molecular weight is 355 g/mol. The standard InChI is InChI=1S/C20H22FN3O2/c1-3-18(24-11-9-15(10-12-24)20(25)26-4-2)17-13-22-19(23-17)14-5-7-16(21)8-6-14/h5-8,13,15H,1,4,9-12H2,2H3,(H,22,23). The molecule has 0 bridgehead atoms. The molecule has 1 aromatic heterocycles. The van der Waals surface area contributed by atoms with Gasteiger partial charge in [-0.25, -0.2) is 9.37 Å². The van der Waals surface area contributed by atoms with Crippen LogP contribution in [0.5, 0.6) is 0 Å². The van der Waals surface area contributed by atoms with Crippen LogP contribution in [0.25, 0.3) is 17.1 Å². The quantitative estimate of drug-likeness (QED) is 0.657. The maximum absolute atomic E-state index is 13.1. The Morgan fingerprint density at radius 2 is 2.08 bits per heavy atom. The van der Waals surface area contributed by atoms with Crippen molar-refractivity contribution in [2.24, 2.45) is 5.92 Å². The molecule has 0 unspecified atom stereocenters. The summed E-state index contributed by atoms with van der Waals surface area (Å²) in [4.78, 5) is 21.7. The highest BCUT2D eigenvalue weighted by molar-refractivity contribution is 5.73. The third-order valence-electron chi connectivity index (χ3n) is 4.54. The third-order valence-corrected chi connectivity index (χ3v) is 4.54. The normalized spacial score (nSPS) is 14.8. The van der Waals surface area contributed by atoms with Gasteiger partial charge in [0.25, 0.3) is 0 Å². The molecule has 1 aromatic carbocycles. The van der Waals surface area contributed by atoms with Crippen LogP contribution in [0.4, 0.5) is 4.39 Å². The van der Waals surface area contributed by atoms with Gasteiger partial charge in [-0.15, -0.1) is 5.73 Å². The maximum Gasteiger partial charge on any atom is 0.309 e. The van der Waals surface area contributed by atoms with Crippen molar-refractivity contribution in [3.8, 4) is 11.4 Å². The van der Waals surface area contributed by atoms with E-state index >= 15 is 0 Å². The minimum atomic E-state index is -0.281. The SMILES string of the molecule is C=C=C(c1c[nH]c(-c2ccc(F)cc2)n1)N1CCC(C(=O)OCC)CC1. The highest BCUT2D eigenvalue weighted by atomic mass is 19.1. The van der Waals surface area contributed by atoms with E-state index in [4.69, 9.17) is 4.74 Å². The van der Waals surface area contributed by atoms with Crippen molar-refractivity contribution in [3.63, 3.8) is 0 Å². The van der Waals surface area contributed by atoms with Crippen LogP contribution in [-0.2, 0) is 9.53 Å². The average Bonchev–Trinajstić information content (AvgIpc) is 3.13. The molecule has 0 spiro atoms. The van der Waals surface area contributed by atoms with Gasteiger partial charge in [-0.2, -0.15) is 0 Å². The molecule has 136 valence electrons. The van der Waals surface area contributed by atoms with Crippen molar-refractivity contribution < 1.29 is 13.9 Å². The molecular formula is C20H22FN3O2. The number of nitrogens with one attached hydrogen (secondary N) is 1. The van der Waals surface area contributed by atoms with Crippen LogP contribution in [0.1, 0.15) is 25.5 Å². The van der Waals surface area contributed by atoms with E-state index in [1.807, 2.05) is 6.92 Å². The Morgan fingerprint density at radius 3 is 2.69 bits per heavy atom. The second-order valence-corrected chi connectivity index (χ2v) is 6.18. The Kier molecular flexibility index (Phi) is 5.54. The molecule has 6 heteroatoms. The third kappa shape index (κ3) is 3.86. The molecule has 1 N–H and O–H groups in total. The lowest BCUT2D eigenvalue weighted by molar-refractivity contribution is -0.149. The van der Waals surface area contributed by atoms with Gasteiger partial charge in [-0.05, 0) is 44.0 Å². The van der Waals surface area contributed by atoms with Gasteiger partial charge < -0.3 is 14.6 Å². The molecule has 1 aliphatic rings. The molecule has 0 saturated carbocycles. The lowest BCUT2D eigenvalue weighted by Gasteiger charge is -2.32. The van der Waals surface area contributed by atoms with E-state index in [0.29, 0.717) is 12.4 Å². The molecule has 2 aromatic rings. The smallest absolute Gasteiger partial charge is 0.309 e. The van der Waals surface area contributed by atoms with Crippen molar-refractivity contribution >= 4 is 11.7 Å². The van der Waals surface area contributed by atoms with Crippen LogP contribution in [-0.4, -0.2) is 40.5 Å². The number of esters is 1. The molecule has 1 saturated heterocycles. The molecule has 2 heterocycles. The highest BCUT2D eigenvalue weighted by Gasteiger charge is 2.27. The Bertz CT molecular complexity index is 814. The number of aromatic amines is 1. The summed E-state index contributed by atoms with van der Waals surface area (Å²) >= 11 is 0. The number of halogens is 1. The summed E-state index contributed by atoms with van der Waals surface area (Å²) < 4.78 is 18.2. The number of carbonyl (C=O) groups is 1. The molecule has 26 heavy (non-hydrogen) atoms. The number of H-pyrrole nitrogens is 1. The first-order valence-corrected chi connectivity index (χ1v) is 8.75. The summed E-state index contributed by atoms with van der Waals surface area (Å²) in [6, 6.07) is 6.17. The van der Waals surface area contributed by atoms with Crippen LogP contribution in [0.3, 0.4) is 0 Å². The first kappa shape index (κ1) is 18.0. The lowest BCUT2D eigenvalue weighted by Crippen LogP contribution is -2.35. The van der Waals surface area contributed by atoms with E-state index in [0.717, 1.165) is 42.9 Å². The summed E-state index contributed by atoms with van der Waals surface area (Å²) in [7, 11) is 0. The molecule has 0 radical (unpaired) electrons. The van der Waals surface area contributed by atoms with E-state index in [-0.39, 0.29) is 17.7 Å². The topological polar surface area (TPSA) is 58.2 Å². The van der Waals surface area contributed by atoms with Crippen LogP contribution in [0.2, 0.25) is 0 Å². The van der Waals surface area contributed by atoms with Crippen molar-refractivity contribution in [2.75, 3.05) is 19.7 Å². The molecule has 3 rings (SSSR count). The van der Waals surface area contributed by atoms with E-state index < -0.39 is 0 Å². The van der Waals surface area contributed by atoms with Gasteiger partial charge >= 0.3 is 5.97 Å². The number of hydrogen-bond donors (Lipinski definition) is 1. The van der Waals surface area contributed by atoms with E-state index in [1.54, 1.807) is 18.3 Å². The molecule has 1 aliphatic heterocycles. The Labute approximate surface area is 152 Å². The fraction of sp³-hybridized carbons (Fsp3) is 0.350. The highest BCUT2D eigenvalue weighted by Crippen LogP contribution is 2.27. The molecule has 0 atom stereocenters. The lowest BCUT2D eigenvalue weighted by atomic mass is 9.96. The first-order chi connectivity index (χ1) is 12.6. The molecular weight excluding hydrogens is 333 g/mol. The van der Waals surface area contributed by atoms with Crippen LogP contribution in [0, 0.1) is 11.7 Å². The number of rotatable bonds is 5. The van der Waals surface area contributed by atoms with Gasteiger partial charge in [0, 0.05) is 24.8 Å². The predicted molar refractivity (Wildman–Crippen MR) is 97.5 cm³/mol. The van der Waals surface area contributed by atoms with E-state index in [9.17, 15) is 9.18 Å². The van der Waals surface area contributed by atoms with Gasteiger partial charge in [0.2, 0.25) is 0 Å². The van der Waals surface area contributed by atoms with Crippen LogP contribution in [0.15, 0.2) is 42.8 Å². The number of imidazole rings is 1. The zero-order valence-electron chi connectivity index (χ0n) is 14.8. The number of benzene rings is 1. The number of hydrogen-bond acceptors (Lipinski definition) is 4. The van der Waals surface area contributed by atoms with Gasteiger partial charge in [-0.1, -0.05) is 6.58 Å². The number of carbonyl (C=O) groups excluding carboxylic acids is 1. The number of aromatic nitrogens is 2. The van der Waals surface area contributed by atoms with Gasteiger partial charge in [0.05, 0.1) is 12.5 Å². The van der Waals surface area contributed by atoms with Crippen LogP contribution < -0.4 is 0 Å². The Hall–Kier alpha value is -2.85. The zero-order chi connectivity index (χ0) is 18.5. The second-order valence-electron chi connectivity index (χ2n) is 6.18. The fourth-order valence-corrected chi connectivity index (χ4v) is 3.16. The summed E-state index contributed by atoms with van der Waals surface area (Å²) in [5.41, 5.74) is 5.31. The summed E-state index contributed by atoms with van der Waals surface area (Å²) in [6.07, 6.45) is 3.27. The zero-order valence-corrected chi connectivity index (χ0v) is 14.8. The van der Waals surface area contributed by atoms with Crippen molar-refractivity contribution in [2.45, 2.75) is 19.8 Å². The van der Waals surface area contributed by atoms with E-state index in [2.05, 4.69) is 27.2 Å². The number of likely N-dealkylation sites (tertiary alicyclic amines) is 1. The summed E-state index contributed by atoms with van der Waals surface area (Å²) in [5, 5.41) is 0. The van der Waals surface area contributed by atoms with Gasteiger partial charge in [-0.3, -0.25) is 4.79 Å². The number of nitrogens with zero attached hydrogens (tertiary/aromatic N) is 2. The van der Waals surface area contributed by atoms with Gasteiger partial charge in [0.15, 0.2) is 0 Å². The Balaban J connectivity index is 1.70. The minimum Gasteiger partial charge on any atom is -0.466 e. The largest absolute Gasteiger partial charge is 0.466 e. The molecule has 1 fully saturated rings. The minimum absolute atomic E-state index is 0.0498. The van der Waals surface area contributed by atoms with Crippen molar-refractivity contribution in [3.05, 3.63) is 54.3 Å². The van der Waals surface area contributed by atoms with Gasteiger partial charge in [0.1, 0.15) is 23.0 Å². The molecule has 5 nitrogen and oxygen atoms in total.